The maximum Gasteiger partial charge on any atom is 0.0219 e. The third-order valence-electron chi connectivity index (χ3n) is 3.38. The van der Waals surface area contributed by atoms with Gasteiger partial charge in [0.2, 0.25) is 0 Å². The zero-order chi connectivity index (χ0) is 12.7. The molecule has 2 N–H and O–H groups in total. The van der Waals surface area contributed by atoms with Gasteiger partial charge in [0.05, 0.1) is 0 Å². The Morgan fingerprint density at radius 1 is 1.12 bits per heavy atom. The van der Waals surface area contributed by atoms with Crippen molar-refractivity contribution in [3.05, 3.63) is 35.9 Å². The van der Waals surface area contributed by atoms with Gasteiger partial charge in [0.15, 0.2) is 0 Å². The van der Waals surface area contributed by atoms with Crippen LogP contribution in [0.4, 0.5) is 0 Å². The highest BCUT2D eigenvalue weighted by atomic mass is 15.1. The summed E-state index contributed by atoms with van der Waals surface area (Å²) in [6.45, 7) is 6.26. The predicted molar refractivity (Wildman–Crippen MR) is 75.1 cm³/mol. The van der Waals surface area contributed by atoms with Crippen molar-refractivity contribution in [1.29, 1.82) is 0 Å². The highest BCUT2D eigenvalue weighted by Crippen LogP contribution is 2.23. The Kier molecular flexibility index (Phi) is 5.66. The first kappa shape index (κ1) is 14.2. The first-order valence-electron chi connectivity index (χ1n) is 6.69. The number of piperidine rings is 1. The summed E-state index contributed by atoms with van der Waals surface area (Å²) in [6, 6.07) is 10.6. The van der Waals surface area contributed by atoms with E-state index in [-0.39, 0.29) is 5.54 Å². The molecule has 0 saturated carbocycles. The fourth-order valence-electron chi connectivity index (χ4n) is 2.24. The maximum atomic E-state index is 6.43. The zero-order valence-corrected chi connectivity index (χ0v) is 11.4. The Hall–Kier alpha value is -0.860. The van der Waals surface area contributed by atoms with Gasteiger partial charge in [0.25, 0.3) is 0 Å². The van der Waals surface area contributed by atoms with Gasteiger partial charge in [0, 0.05) is 5.54 Å². The minimum Gasteiger partial charge on any atom is -0.325 e. The van der Waals surface area contributed by atoms with E-state index >= 15 is 0 Å². The molecule has 0 amide bonds. The van der Waals surface area contributed by atoms with E-state index in [1.54, 1.807) is 0 Å². The normalized spacial score (nSPS) is 19.3. The molecule has 0 radical (unpaired) electrons. The monoisotopic (exact) mass is 234 g/mol. The summed E-state index contributed by atoms with van der Waals surface area (Å²) in [5.74, 6) is 0. The summed E-state index contributed by atoms with van der Waals surface area (Å²) >= 11 is 0. The van der Waals surface area contributed by atoms with Gasteiger partial charge in [-0.3, -0.25) is 0 Å². The summed E-state index contributed by atoms with van der Waals surface area (Å²) < 4.78 is 0. The van der Waals surface area contributed by atoms with E-state index in [2.05, 4.69) is 42.3 Å². The van der Waals surface area contributed by atoms with Crippen molar-refractivity contribution < 1.29 is 0 Å². The van der Waals surface area contributed by atoms with Crippen LogP contribution in [0.5, 0.6) is 0 Å². The second kappa shape index (κ2) is 6.77. The van der Waals surface area contributed by atoms with Crippen LogP contribution in [0.1, 0.15) is 32.3 Å². The topological polar surface area (TPSA) is 29.3 Å². The summed E-state index contributed by atoms with van der Waals surface area (Å²) in [4.78, 5) is 2.36. The van der Waals surface area contributed by atoms with E-state index in [1.807, 2.05) is 13.8 Å². The molecule has 0 bridgehead atoms. The number of likely N-dealkylation sites (tertiary alicyclic amines) is 1. The Bertz CT molecular complexity index is 300. The Balaban J connectivity index is 0.000000686. The molecule has 1 aliphatic rings. The molecule has 0 aliphatic carbocycles. The molecule has 0 unspecified atom stereocenters. The van der Waals surface area contributed by atoms with Crippen LogP contribution in [0.25, 0.3) is 0 Å². The first-order valence-corrected chi connectivity index (χ1v) is 6.69. The number of hydrogen-bond donors (Lipinski definition) is 1. The molecule has 1 heterocycles. The van der Waals surface area contributed by atoms with Crippen LogP contribution < -0.4 is 5.73 Å². The molecule has 2 nitrogen and oxygen atoms in total. The van der Waals surface area contributed by atoms with E-state index in [9.17, 15) is 0 Å². The fourth-order valence-corrected chi connectivity index (χ4v) is 2.24. The predicted octanol–water partition coefficient (Wildman–Crippen LogP) is 2.68. The summed E-state index contributed by atoms with van der Waals surface area (Å²) in [7, 11) is 2.17. The highest BCUT2D eigenvalue weighted by molar-refractivity contribution is 5.18. The number of hydrogen-bond acceptors (Lipinski definition) is 2. The lowest BCUT2D eigenvalue weighted by atomic mass is 9.83. The molecule has 2 rings (SSSR count). The molecule has 0 atom stereocenters. The molecule has 0 aromatic heterocycles. The molecule has 1 aromatic carbocycles. The molecule has 1 aliphatic heterocycles. The summed E-state index contributed by atoms with van der Waals surface area (Å²) in [5.41, 5.74) is 7.81. The molecular weight excluding hydrogens is 208 g/mol. The summed E-state index contributed by atoms with van der Waals surface area (Å²) in [5, 5.41) is 0. The zero-order valence-electron chi connectivity index (χ0n) is 11.4. The third kappa shape index (κ3) is 4.49. The van der Waals surface area contributed by atoms with Crippen molar-refractivity contribution >= 4 is 0 Å². The van der Waals surface area contributed by atoms with Crippen molar-refractivity contribution in [2.75, 3.05) is 20.1 Å². The second-order valence-corrected chi connectivity index (χ2v) is 4.83. The number of nitrogens with two attached hydrogens (primary N) is 1. The van der Waals surface area contributed by atoms with E-state index in [4.69, 9.17) is 5.73 Å². The maximum absolute atomic E-state index is 6.43. The standard InChI is InChI=1S/C13H20N2.C2H6/c1-15-9-7-13(14,8-10-15)11-12-5-3-2-4-6-12;1-2/h2-6H,7-11,14H2,1H3;1-2H3. The third-order valence-corrected chi connectivity index (χ3v) is 3.38. The minimum absolute atomic E-state index is 0.0217. The molecule has 1 aromatic rings. The number of benzene rings is 1. The second-order valence-electron chi connectivity index (χ2n) is 4.83. The molecule has 96 valence electrons. The van der Waals surface area contributed by atoms with Gasteiger partial charge in [-0.1, -0.05) is 44.2 Å². The smallest absolute Gasteiger partial charge is 0.0219 e. The number of rotatable bonds is 2. The Labute approximate surface area is 106 Å². The largest absolute Gasteiger partial charge is 0.325 e. The minimum atomic E-state index is 0.0217. The average Bonchev–Trinajstić information content (AvgIpc) is 2.37. The van der Waals surface area contributed by atoms with Gasteiger partial charge in [-0.2, -0.15) is 0 Å². The fraction of sp³-hybridized carbons (Fsp3) is 0.600. The van der Waals surface area contributed by atoms with Crippen LogP contribution in [0.15, 0.2) is 30.3 Å². The molecule has 17 heavy (non-hydrogen) atoms. The SMILES string of the molecule is CC.CN1CCC(N)(Cc2ccccc2)CC1. The van der Waals surface area contributed by atoms with Crippen LogP contribution in [-0.2, 0) is 6.42 Å². The van der Waals surface area contributed by atoms with Crippen molar-refractivity contribution in [2.45, 2.75) is 38.6 Å². The lowest BCUT2D eigenvalue weighted by Gasteiger charge is -2.37. The summed E-state index contributed by atoms with van der Waals surface area (Å²) in [6.07, 6.45) is 3.23. The Morgan fingerprint density at radius 2 is 1.65 bits per heavy atom. The van der Waals surface area contributed by atoms with Crippen molar-refractivity contribution in [3.63, 3.8) is 0 Å². The first-order chi connectivity index (χ1) is 8.18. The van der Waals surface area contributed by atoms with E-state index in [0.717, 1.165) is 32.4 Å². The van der Waals surface area contributed by atoms with Crippen LogP contribution in [0.2, 0.25) is 0 Å². The van der Waals surface area contributed by atoms with E-state index in [1.165, 1.54) is 5.56 Å². The van der Waals surface area contributed by atoms with Crippen molar-refractivity contribution in [2.24, 2.45) is 5.73 Å². The quantitative estimate of drug-likeness (QED) is 0.852. The average molecular weight is 234 g/mol. The van der Waals surface area contributed by atoms with Crippen LogP contribution in [0, 0.1) is 0 Å². The molecule has 2 heteroatoms. The molecule has 1 saturated heterocycles. The van der Waals surface area contributed by atoms with Crippen molar-refractivity contribution in [3.8, 4) is 0 Å². The van der Waals surface area contributed by atoms with Gasteiger partial charge in [0.1, 0.15) is 0 Å². The molecular formula is C15H26N2. The van der Waals surface area contributed by atoms with Gasteiger partial charge in [-0.05, 0) is 45.0 Å². The van der Waals surface area contributed by atoms with Gasteiger partial charge < -0.3 is 10.6 Å². The van der Waals surface area contributed by atoms with Gasteiger partial charge in [-0.25, -0.2) is 0 Å². The molecule has 1 fully saturated rings. The van der Waals surface area contributed by atoms with Gasteiger partial charge >= 0.3 is 0 Å². The molecule has 0 spiro atoms. The van der Waals surface area contributed by atoms with Crippen LogP contribution in [-0.4, -0.2) is 30.6 Å². The van der Waals surface area contributed by atoms with Crippen LogP contribution >= 0.6 is 0 Å². The van der Waals surface area contributed by atoms with Crippen molar-refractivity contribution in [1.82, 2.24) is 4.90 Å². The highest BCUT2D eigenvalue weighted by Gasteiger charge is 2.29. The lowest BCUT2D eigenvalue weighted by Crippen LogP contribution is -2.50. The van der Waals surface area contributed by atoms with E-state index < -0.39 is 0 Å². The Morgan fingerprint density at radius 3 is 2.18 bits per heavy atom. The number of nitrogens with zero attached hydrogens (tertiary/aromatic N) is 1. The van der Waals surface area contributed by atoms with Gasteiger partial charge in [-0.15, -0.1) is 0 Å². The lowest BCUT2D eigenvalue weighted by molar-refractivity contribution is 0.190. The van der Waals surface area contributed by atoms with Crippen LogP contribution in [0.3, 0.4) is 0 Å². The van der Waals surface area contributed by atoms with E-state index in [0.29, 0.717) is 0 Å².